The number of hydrogen-bond donors (Lipinski definition) is 0. The van der Waals surface area contributed by atoms with Crippen molar-refractivity contribution in [1.29, 1.82) is 0 Å². The fourth-order valence-corrected chi connectivity index (χ4v) is 14.8. The lowest BCUT2D eigenvalue weighted by molar-refractivity contribution is 0.672. The molecule has 0 saturated carbocycles. The topological polar surface area (TPSA) is 26.3 Å². The van der Waals surface area contributed by atoms with Crippen molar-refractivity contribution < 1.29 is 8.83 Å². The number of para-hydroxylation sites is 2. The highest BCUT2D eigenvalue weighted by Crippen LogP contribution is 2.52. The highest BCUT2D eigenvalue weighted by atomic mass is 16.3. The second kappa shape index (κ2) is 21.0. The summed E-state index contributed by atoms with van der Waals surface area (Å²) in [5, 5.41) is 21.7. The van der Waals surface area contributed by atoms with E-state index >= 15 is 0 Å². The van der Waals surface area contributed by atoms with Gasteiger partial charge in [-0.1, -0.05) is 303 Å². The Balaban J connectivity index is 0.000000134. The van der Waals surface area contributed by atoms with Gasteiger partial charge in [-0.25, -0.2) is 0 Å². The van der Waals surface area contributed by atoms with E-state index in [0.29, 0.717) is 0 Å². The first kappa shape index (κ1) is 51.4. The van der Waals surface area contributed by atoms with Gasteiger partial charge < -0.3 is 8.83 Å². The van der Waals surface area contributed by atoms with E-state index in [9.17, 15) is 0 Å². The quantitative estimate of drug-likeness (QED) is 0.155. The first-order chi connectivity index (χ1) is 44.7. The minimum Gasteiger partial charge on any atom is -0.455 e. The summed E-state index contributed by atoms with van der Waals surface area (Å²) in [5.74, 6) is 0. The van der Waals surface area contributed by atoms with Crippen LogP contribution in [0.1, 0.15) is 0 Å². The minimum absolute atomic E-state index is 0.911. The Labute approximate surface area is 519 Å². The molecule has 0 saturated heterocycles. The molecule has 0 atom stereocenters. The summed E-state index contributed by atoms with van der Waals surface area (Å²) in [4.78, 5) is 0. The third kappa shape index (κ3) is 8.12. The molecule has 2 heteroatoms. The van der Waals surface area contributed by atoms with Crippen LogP contribution >= 0.6 is 0 Å². The van der Waals surface area contributed by atoms with Crippen LogP contribution in [-0.2, 0) is 0 Å². The van der Waals surface area contributed by atoms with Gasteiger partial charge in [-0.15, -0.1) is 0 Å². The number of benzene rings is 17. The van der Waals surface area contributed by atoms with Crippen LogP contribution in [0.15, 0.2) is 336 Å². The van der Waals surface area contributed by atoms with Crippen molar-refractivity contribution in [3.63, 3.8) is 0 Å². The molecule has 2 nitrogen and oxygen atoms in total. The number of hydrogen-bond acceptors (Lipinski definition) is 2. The van der Waals surface area contributed by atoms with Crippen LogP contribution in [0.5, 0.6) is 0 Å². The van der Waals surface area contributed by atoms with Crippen molar-refractivity contribution in [3.8, 4) is 66.8 Å². The maximum absolute atomic E-state index is 6.64. The van der Waals surface area contributed by atoms with Crippen LogP contribution in [0.3, 0.4) is 0 Å². The third-order valence-electron chi connectivity index (χ3n) is 18.7. The molecular formula is C88H54O2. The highest BCUT2D eigenvalue weighted by molar-refractivity contribution is 6.31. The molecule has 19 rings (SSSR count). The molecule has 0 aliphatic heterocycles. The molecule has 0 fully saturated rings. The Morgan fingerprint density at radius 1 is 0.167 bits per heavy atom. The average molecular weight is 1140 g/mol. The molecule has 90 heavy (non-hydrogen) atoms. The normalized spacial score (nSPS) is 11.8. The Morgan fingerprint density at radius 3 is 0.956 bits per heavy atom. The summed E-state index contributed by atoms with van der Waals surface area (Å²) < 4.78 is 13.2. The van der Waals surface area contributed by atoms with E-state index in [2.05, 4.69) is 328 Å². The molecule has 0 unspecified atom stereocenters. The first-order valence-corrected chi connectivity index (χ1v) is 31.0. The summed E-state index contributed by atoms with van der Waals surface area (Å²) in [6, 6.07) is 118. The van der Waals surface area contributed by atoms with E-state index in [1.54, 1.807) is 0 Å². The standard InChI is InChI=1S/C46H28O.C42H26O/c1-3-17-31-29(14-1)16-13-26-33(31)34-19-5-6-20-35(34)43-36-21-7-9-23-38(36)44(39-24-10-8-22-37(39)43)41-28-30-15-2-4-18-32(30)46-45(41)40-25-11-12-27-42(40)47-46;1-2-12-27(13-3-1)28-22-24-29(25-23-28)39-32-16-6-8-18-34(32)40(35-19-9-7-17-33(35)39)37-26-30-14-4-5-15-31(30)42-41(37)36-20-10-11-21-38(36)43-42/h1-28H;1-26H. The van der Waals surface area contributed by atoms with Crippen molar-refractivity contribution in [1.82, 2.24) is 0 Å². The van der Waals surface area contributed by atoms with E-state index in [1.807, 2.05) is 0 Å². The van der Waals surface area contributed by atoms with Crippen molar-refractivity contribution >= 4 is 119 Å². The Hall–Kier alpha value is -11.8. The maximum atomic E-state index is 6.64. The molecule has 0 N–H and O–H groups in total. The van der Waals surface area contributed by atoms with Crippen molar-refractivity contribution in [3.05, 3.63) is 328 Å². The molecule has 19 aromatic rings. The monoisotopic (exact) mass is 1140 g/mol. The van der Waals surface area contributed by atoms with Gasteiger partial charge in [-0.2, -0.15) is 0 Å². The predicted octanol–water partition coefficient (Wildman–Crippen LogP) is 25.2. The van der Waals surface area contributed by atoms with Gasteiger partial charge in [0.05, 0.1) is 0 Å². The van der Waals surface area contributed by atoms with Crippen LogP contribution in [0.4, 0.5) is 0 Å². The molecule has 418 valence electrons. The van der Waals surface area contributed by atoms with E-state index < -0.39 is 0 Å². The lowest BCUT2D eigenvalue weighted by atomic mass is 9.82. The Kier molecular flexibility index (Phi) is 12.0. The lowest BCUT2D eigenvalue weighted by Crippen LogP contribution is -1.93. The number of furan rings is 2. The van der Waals surface area contributed by atoms with E-state index in [4.69, 9.17) is 8.83 Å². The summed E-state index contributed by atoms with van der Waals surface area (Å²) in [5.41, 5.74) is 18.5. The molecule has 0 spiro atoms. The van der Waals surface area contributed by atoms with Crippen molar-refractivity contribution in [2.24, 2.45) is 0 Å². The SMILES string of the molecule is c1ccc(-c2c3ccccc3c(-c3cc4ccccc4c4oc5ccccc5c34)c3ccccc23)c(-c2cccc3ccccc23)c1.c1ccc(-c2ccc(-c3c4ccccc4c(-c4cc5ccccc5c5oc6ccccc6c45)c4ccccc34)cc2)cc1. The Morgan fingerprint density at radius 2 is 0.478 bits per heavy atom. The minimum atomic E-state index is 0.911. The van der Waals surface area contributed by atoms with Gasteiger partial charge in [0.2, 0.25) is 0 Å². The summed E-state index contributed by atoms with van der Waals surface area (Å²) in [6.45, 7) is 0. The zero-order valence-electron chi connectivity index (χ0n) is 49.0. The molecule has 0 bridgehead atoms. The predicted molar refractivity (Wildman–Crippen MR) is 383 cm³/mol. The van der Waals surface area contributed by atoms with Gasteiger partial charge in [0, 0.05) is 32.3 Å². The summed E-state index contributed by atoms with van der Waals surface area (Å²) in [6.07, 6.45) is 0. The molecule has 0 aliphatic rings. The molecule has 0 amide bonds. The largest absolute Gasteiger partial charge is 0.455 e. The zero-order chi connectivity index (χ0) is 59.2. The zero-order valence-corrected chi connectivity index (χ0v) is 49.0. The van der Waals surface area contributed by atoms with E-state index in [-0.39, 0.29) is 0 Å². The first-order valence-electron chi connectivity index (χ1n) is 31.0. The number of fused-ring (bicyclic) bond motifs is 15. The van der Waals surface area contributed by atoms with Crippen molar-refractivity contribution in [2.45, 2.75) is 0 Å². The average Bonchev–Trinajstić information content (AvgIpc) is 2.21. The third-order valence-corrected chi connectivity index (χ3v) is 18.7. The van der Waals surface area contributed by atoms with Crippen LogP contribution in [0, 0.1) is 0 Å². The highest BCUT2D eigenvalue weighted by Gasteiger charge is 2.25. The van der Waals surface area contributed by atoms with Gasteiger partial charge in [0.25, 0.3) is 0 Å². The maximum Gasteiger partial charge on any atom is 0.143 e. The summed E-state index contributed by atoms with van der Waals surface area (Å²) in [7, 11) is 0. The van der Waals surface area contributed by atoms with Crippen LogP contribution in [-0.4, -0.2) is 0 Å². The van der Waals surface area contributed by atoms with Crippen LogP contribution in [0.25, 0.3) is 186 Å². The molecule has 2 heterocycles. The van der Waals surface area contributed by atoms with Gasteiger partial charge in [0.15, 0.2) is 0 Å². The van der Waals surface area contributed by atoms with Gasteiger partial charge in [-0.3, -0.25) is 0 Å². The fraction of sp³-hybridized carbons (Fsp3) is 0. The van der Waals surface area contributed by atoms with Crippen molar-refractivity contribution in [2.75, 3.05) is 0 Å². The van der Waals surface area contributed by atoms with Gasteiger partial charge in [0.1, 0.15) is 22.3 Å². The molecule has 17 aromatic carbocycles. The molecule has 0 radical (unpaired) electrons. The summed E-state index contributed by atoms with van der Waals surface area (Å²) >= 11 is 0. The molecule has 2 aromatic heterocycles. The van der Waals surface area contributed by atoms with E-state index in [0.717, 1.165) is 43.9 Å². The van der Waals surface area contributed by atoms with Gasteiger partial charge >= 0.3 is 0 Å². The van der Waals surface area contributed by atoms with Gasteiger partial charge in [-0.05, 0) is 156 Å². The van der Waals surface area contributed by atoms with E-state index in [1.165, 1.54) is 142 Å². The number of rotatable bonds is 6. The smallest absolute Gasteiger partial charge is 0.143 e. The van der Waals surface area contributed by atoms with Crippen LogP contribution in [0.2, 0.25) is 0 Å². The molecular weight excluding hydrogens is 1090 g/mol. The molecule has 0 aliphatic carbocycles. The second-order valence-corrected chi connectivity index (χ2v) is 23.6. The Bertz CT molecular complexity index is 5960. The van der Waals surface area contributed by atoms with Crippen LogP contribution < -0.4 is 0 Å². The lowest BCUT2D eigenvalue weighted by Gasteiger charge is -2.20. The second-order valence-electron chi connectivity index (χ2n) is 23.6. The fourth-order valence-electron chi connectivity index (χ4n) is 14.8.